The van der Waals surface area contributed by atoms with Gasteiger partial charge in [-0.05, 0) is 42.9 Å². The molecular formula is C13H15BrO2. The van der Waals surface area contributed by atoms with Crippen LogP contribution in [0, 0.1) is 0 Å². The zero-order chi connectivity index (χ0) is 11.5. The fourth-order valence-corrected chi connectivity index (χ4v) is 2.58. The van der Waals surface area contributed by atoms with E-state index in [4.69, 9.17) is 4.74 Å². The van der Waals surface area contributed by atoms with Gasteiger partial charge in [-0.1, -0.05) is 28.1 Å². The van der Waals surface area contributed by atoms with Crippen molar-refractivity contribution in [2.45, 2.75) is 38.2 Å². The minimum Gasteiger partial charge on any atom is -0.463 e. The fourth-order valence-electron chi connectivity index (χ4n) is 2.32. The highest BCUT2D eigenvalue weighted by Crippen LogP contribution is 2.36. The van der Waals surface area contributed by atoms with E-state index in [0.29, 0.717) is 5.92 Å². The molecule has 0 aromatic heterocycles. The van der Waals surface area contributed by atoms with E-state index >= 15 is 0 Å². The summed E-state index contributed by atoms with van der Waals surface area (Å²) in [6, 6.07) is 8.42. The molecule has 2 atom stereocenters. The molecular weight excluding hydrogens is 268 g/mol. The van der Waals surface area contributed by atoms with Crippen LogP contribution in [0.5, 0.6) is 0 Å². The largest absolute Gasteiger partial charge is 0.463 e. The molecule has 0 radical (unpaired) electrons. The Labute approximate surface area is 104 Å². The van der Waals surface area contributed by atoms with Crippen LogP contribution in [0.1, 0.15) is 37.7 Å². The quantitative estimate of drug-likeness (QED) is 0.774. The molecule has 2 unspecified atom stereocenters. The Morgan fingerprint density at radius 2 is 2.00 bits per heavy atom. The number of rotatable bonds is 2. The highest BCUT2D eigenvalue weighted by atomic mass is 79.9. The first kappa shape index (κ1) is 11.6. The minimum absolute atomic E-state index is 0.117. The molecule has 2 rings (SSSR count). The Balaban J connectivity index is 1.98. The average molecular weight is 283 g/mol. The Morgan fingerprint density at radius 3 is 2.62 bits per heavy atom. The average Bonchev–Trinajstić information content (AvgIpc) is 2.66. The summed E-state index contributed by atoms with van der Waals surface area (Å²) < 4.78 is 6.34. The summed E-state index contributed by atoms with van der Waals surface area (Å²) in [7, 11) is 0. The molecule has 0 bridgehead atoms. The second kappa shape index (κ2) is 5.00. The summed E-state index contributed by atoms with van der Waals surface area (Å²) in [6.07, 6.45) is 3.17. The van der Waals surface area contributed by atoms with Crippen molar-refractivity contribution in [2.24, 2.45) is 0 Å². The van der Waals surface area contributed by atoms with Gasteiger partial charge in [-0.15, -0.1) is 0 Å². The molecule has 1 saturated carbocycles. The molecule has 0 saturated heterocycles. The molecule has 16 heavy (non-hydrogen) atoms. The summed E-state index contributed by atoms with van der Waals surface area (Å²) in [5.41, 5.74) is 1.35. The maximum absolute atomic E-state index is 10.9. The molecule has 86 valence electrons. The third kappa shape index (κ3) is 2.85. The van der Waals surface area contributed by atoms with Gasteiger partial charge in [0, 0.05) is 11.4 Å². The molecule has 0 amide bonds. The van der Waals surface area contributed by atoms with Crippen molar-refractivity contribution < 1.29 is 9.53 Å². The van der Waals surface area contributed by atoms with Crippen molar-refractivity contribution in [3.05, 3.63) is 34.3 Å². The van der Waals surface area contributed by atoms with Gasteiger partial charge >= 0.3 is 5.97 Å². The van der Waals surface area contributed by atoms with Gasteiger partial charge in [-0.2, -0.15) is 0 Å². The summed E-state index contributed by atoms with van der Waals surface area (Å²) >= 11 is 3.43. The van der Waals surface area contributed by atoms with Gasteiger partial charge in [-0.25, -0.2) is 0 Å². The zero-order valence-corrected chi connectivity index (χ0v) is 10.9. The lowest BCUT2D eigenvalue weighted by molar-refractivity contribution is -0.145. The monoisotopic (exact) mass is 282 g/mol. The highest BCUT2D eigenvalue weighted by Gasteiger charge is 2.27. The number of hydrogen-bond acceptors (Lipinski definition) is 2. The molecule has 0 heterocycles. The van der Waals surface area contributed by atoms with Crippen LogP contribution in [0.4, 0.5) is 0 Å². The minimum atomic E-state index is -0.165. The van der Waals surface area contributed by atoms with Crippen molar-refractivity contribution in [1.29, 1.82) is 0 Å². The molecule has 1 fully saturated rings. The van der Waals surface area contributed by atoms with Crippen LogP contribution in [0.2, 0.25) is 0 Å². The fraction of sp³-hybridized carbons (Fsp3) is 0.462. The van der Waals surface area contributed by atoms with Crippen LogP contribution in [0.25, 0.3) is 0 Å². The van der Waals surface area contributed by atoms with Crippen molar-refractivity contribution in [1.82, 2.24) is 0 Å². The van der Waals surface area contributed by atoms with Gasteiger partial charge in [0.2, 0.25) is 0 Å². The smallest absolute Gasteiger partial charge is 0.302 e. The lowest BCUT2D eigenvalue weighted by Crippen LogP contribution is -2.12. The molecule has 3 heteroatoms. The molecule has 0 aliphatic heterocycles. The first-order valence-electron chi connectivity index (χ1n) is 5.58. The van der Waals surface area contributed by atoms with Crippen LogP contribution in [0.15, 0.2) is 28.7 Å². The Kier molecular flexibility index (Phi) is 3.64. The lowest BCUT2D eigenvalue weighted by atomic mass is 9.98. The van der Waals surface area contributed by atoms with Crippen molar-refractivity contribution >= 4 is 21.9 Å². The van der Waals surface area contributed by atoms with Crippen LogP contribution >= 0.6 is 15.9 Å². The third-order valence-electron chi connectivity index (χ3n) is 3.06. The van der Waals surface area contributed by atoms with Crippen LogP contribution in [-0.4, -0.2) is 12.1 Å². The summed E-state index contributed by atoms with van der Waals surface area (Å²) in [4.78, 5) is 10.9. The summed E-state index contributed by atoms with van der Waals surface area (Å²) in [5.74, 6) is 0.374. The van der Waals surface area contributed by atoms with Gasteiger partial charge in [0.05, 0.1) is 0 Å². The molecule has 1 aliphatic rings. The van der Waals surface area contributed by atoms with E-state index < -0.39 is 0 Å². The van der Waals surface area contributed by atoms with Crippen LogP contribution in [0.3, 0.4) is 0 Å². The molecule has 1 aliphatic carbocycles. The molecule has 1 aromatic rings. The first-order valence-corrected chi connectivity index (χ1v) is 6.37. The number of carbonyl (C=O) groups excluding carboxylic acids is 1. The predicted octanol–water partition coefficient (Wildman–Crippen LogP) is 3.65. The maximum Gasteiger partial charge on any atom is 0.302 e. The van der Waals surface area contributed by atoms with Crippen molar-refractivity contribution in [2.75, 3.05) is 0 Å². The topological polar surface area (TPSA) is 26.3 Å². The third-order valence-corrected chi connectivity index (χ3v) is 3.59. The Hall–Kier alpha value is -0.830. The van der Waals surface area contributed by atoms with Gasteiger partial charge in [0.15, 0.2) is 0 Å². The van der Waals surface area contributed by atoms with Crippen molar-refractivity contribution in [3.63, 3.8) is 0 Å². The molecule has 0 spiro atoms. The SMILES string of the molecule is CC(=O)OC1CCC(c2ccc(Br)cc2)C1. The standard InChI is InChI=1S/C13H15BrO2/c1-9(15)16-13-7-4-11(8-13)10-2-5-12(14)6-3-10/h2-3,5-6,11,13H,4,7-8H2,1H3. The number of halogens is 1. The molecule has 2 nitrogen and oxygen atoms in total. The summed E-state index contributed by atoms with van der Waals surface area (Å²) in [6.45, 7) is 1.48. The Bertz CT molecular complexity index is 372. The number of benzene rings is 1. The number of carbonyl (C=O) groups is 1. The van der Waals surface area contributed by atoms with E-state index in [9.17, 15) is 4.79 Å². The zero-order valence-electron chi connectivity index (χ0n) is 9.28. The van der Waals surface area contributed by atoms with Crippen LogP contribution in [-0.2, 0) is 9.53 Å². The Morgan fingerprint density at radius 1 is 1.31 bits per heavy atom. The van der Waals surface area contributed by atoms with Gasteiger partial charge in [0.1, 0.15) is 6.10 Å². The first-order chi connectivity index (χ1) is 7.65. The van der Waals surface area contributed by atoms with E-state index in [2.05, 4.69) is 40.2 Å². The molecule has 1 aromatic carbocycles. The lowest BCUT2D eigenvalue weighted by Gasteiger charge is -2.12. The van der Waals surface area contributed by atoms with E-state index in [0.717, 1.165) is 23.7 Å². The normalized spacial score (nSPS) is 24.4. The number of ether oxygens (including phenoxy) is 1. The molecule has 0 N–H and O–H groups in total. The highest BCUT2D eigenvalue weighted by molar-refractivity contribution is 9.10. The van der Waals surface area contributed by atoms with E-state index in [1.54, 1.807) is 0 Å². The maximum atomic E-state index is 10.9. The van der Waals surface area contributed by atoms with Crippen LogP contribution < -0.4 is 0 Å². The second-order valence-electron chi connectivity index (χ2n) is 4.29. The summed E-state index contributed by atoms with van der Waals surface area (Å²) in [5, 5.41) is 0. The predicted molar refractivity (Wildman–Crippen MR) is 66.3 cm³/mol. The van der Waals surface area contributed by atoms with Gasteiger partial charge < -0.3 is 4.74 Å². The van der Waals surface area contributed by atoms with E-state index in [1.807, 2.05) is 0 Å². The van der Waals surface area contributed by atoms with E-state index in [-0.39, 0.29) is 12.1 Å². The second-order valence-corrected chi connectivity index (χ2v) is 5.21. The van der Waals surface area contributed by atoms with Crippen molar-refractivity contribution in [3.8, 4) is 0 Å². The van der Waals surface area contributed by atoms with E-state index in [1.165, 1.54) is 12.5 Å². The van der Waals surface area contributed by atoms with Gasteiger partial charge in [-0.3, -0.25) is 4.79 Å². The number of hydrogen-bond donors (Lipinski definition) is 0. The number of esters is 1. The van der Waals surface area contributed by atoms with Gasteiger partial charge in [0.25, 0.3) is 0 Å².